The van der Waals surface area contributed by atoms with E-state index in [-0.39, 0.29) is 11.9 Å². The summed E-state index contributed by atoms with van der Waals surface area (Å²) in [4.78, 5) is 0. The minimum atomic E-state index is -3.20. The van der Waals surface area contributed by atoms with Gasteiger partial charge in [0, 0.05) is 0 Å². The Morgan fingerprint density at radius 1 is 1.25 bits per heavy atom. The predicted molar refractivity (Wildman–Crippen MR) is 63.9 cm³/mol. The third kappa shape index (κ3) is 4.20. The fraction of sp³-hybridized carbons (Fsp3) is 0.455. The zero-order valence-electron chi connectivity index (χ0n) is 9.73. The molecule has 90 valence electrons. The Morgan fingerprint density at radius 3 is 2.25 bits per heavy atom. The lowest BCUT2D eigenvalue weighted by atomic mass is 10.2. The van der Waals surface area contributed by atoms with E-state index in [0.717, 1.165) is 11.3 Å². The maximum Gasteiger partial charge on any atom is 0.215 e. The normalized spacial score (nSPS) is 11.8. The molecule has 0 saturated heterocycles. The largest absolute Gasteiger partial charge is 0.491 e. The maximum absolute atomic E-state index is 11.3. The van der Waals surface area contributed by atoms with Gasteiger partial charge in [0.15, 0.2) is 0 Å². The van der Waals surface area contributed by atoms with Gasteiger partial charge in [-0.3, -0.25) is 0 Å². The van der Waals surface area contributed by atoms with E-state index in [1.165, 1.54) is 7.05 Å². The molecule has 16 heavy (non-hydrogen) atoms. The van der Waals surface area contributed by atoms with Gasteiger partial charge in [0.05, 0.1) is 11.9 Å². The van der Waals surface area contributed by atoms with Crippen LogP contribution in [0.5, 0.6) is 5.75 Å². The summed E-state index contributed by atoms with van der Waals surface area (Å²) in [7, 11) is -1.79. The van der Waals surface area contributed by atoms with E-state index in [0.29, 0.717) is 0 Å². The Balaban J connectivity index is 2.72. The summed E-state index contributed by atoms with van der Waals surface area (Å²) in [6, 6.07) is 7.07. The molecule has 0 saturated carbocycles. The van der Waals surface area contributed by atoms with E-state index in [4.69, 9.17) is 4.74 Å². The lowest BCUT2D eigenvalue weighted by Crippen LogP contribution is -2.20. The van der Waals surface area contributed by atoms with Crippen molar-refractivity contribution in [3.63, 3.8) is 0 Å². The predicted octanol–water partition coefficient (Wildman–Crippen LogP) is 1.52. The molecule has 0 aliphatic heterocycles. The molecule has 0 bridgehead atoms. The van der Waals surface area contributed by atoms with Gasteiger partial charge in [0.2, 0.25) is 10.0 Å². The fourth-order valence-corrected chi connectivity index (χ4v) is 2.00. The first-order chi connectivity index (χ1) is 7.43. The minimum absolute atomic E-state index is 0.00847. The van der Waals surface area contributed by atoms with Crippen molar-refractivity contribution in [3.05, 3.63) is 29.8 Å². The highest BCUT2D eigenvalue weighted by Crippen LogP contribution is 2.15. The first kappa shape index (κ1) is 13.0. The number of sulfonamides is 1. The van der Waals surface area contributed by atoms with Gasteiger partial charge in [-0.2, -0.15) is 0 Å². The van der Waals surface area contributed by atoms with Crippen LogP contribution in [-0.2, 0) is 15.8 Å². The number of ether oxygens (including phenoxy) is 1. The van der Waals surface area contributed by atoms with E-state index >= 15 is 0 Å². The van der Waals surface area contributed by atoms with Crippen LogP contribution in [0.4, 0.5) is 0 Å². The SMILES string of the molecule is CNS(=O)(=O)Cc1ccc(OC(C)C)cc1. The van der Waals surface area contributed by atoms with E-state index in [1.54, 1.807) is 24.3 Å². The molecular formula is C11H17NO3S. The Morgan fingerprint density at radius 2 is 1.81 bits per heavy atom. The average Bonchev–Trinajstić information content (AvgIpc) is 2.20. The molecule has 0 spiro atoms. The van der Waals surface area contributed by atoms with E-state index in [2.05, 4.69) is 4.72 Å². The molecule has 1 aromatic rings. The summed E-state index contributed by atoms with van der Waals surface area (Å²) in [5, 5.41) is 0. The molecule has 0 aromatic heterocycles. The molecule has 0 aliphatic carbocycles. The summed E-state index contributed by atoms with van der Waals surface area (Å²) in [6.45, 7) is 3.89. The average molecular weight is 243 g/mol. The standard InChI is InChI=1S/C11H17NO3S/c1-9(2)15-11-6-4-10(5-7-11)8-16(13,14)12-3/h4-7,9,12H,8H2,1-3H3. The second-order valence-corrected chi connectivity index (χ2v) is 5.70. The number of rotatable bonds is 5. The molecule has 0 fully saturated rings. The molecular weight excluding hydrogens is 226 g/mol. The van der Waals surface area contributed by atoms with Crippen LogP contribution in [0.3, 0.4) is 0 Å². The molecule has 5 heteroatoms. The van der Waals surface area contributed by atoms with Crippen molar-refractivity contribution < 1.29 is 13.2 Å². The summed E-state index contributed by atoms with van der Waals surface area (Å²) < 4.78 is 30.3. The van der Waals surface area contributed by atoms with Crippen molar-refractivity contribution in [2.75, 3.05) is 7.05 Å². The minimum Gasteiger partial charge on any atom is -0.491 e. The van der Waals surface area contributed by atoms with Crippen LogP contribution in [0.25, 0.3) is 0 Å². The van der Waals surface area contributed by atoms with Crippen LogP contribution in [0.15, 0.2) is 24.3 Å². The molecule has 0 unspecified atom stereocenters. The highest BCUT2D eigenvalue weighted by molar-refractivity contribution is 7.88. The van der Waals surface area contributed by atoms with Gasteiger partial charge in [-0.05, 0) is 38.6 Å². The van der Waals surface area contributed by atoms with Gasteiger partial charge in [-0.1, -0.05) is 12.1 Å². The van der Waals surface area contributed by atoms with Crippen molar-refractivity contribution in [3.8, 4) is 5.75 Å². The summed E-state index contributed by atoms with van der Waals surface area (Å²) in [5.74, 6) is 0.742. The van der Waals surface area contributed by atoms with Gasteiger partial charge >= 0.3 is 0 Å². The highest BCUT2D eigenvalue weighted by Gasteiger charge is 2.08. The number of nitrogens with one attached hydrogen (secondary N) is 1. The van der Waals surface area contributed by atoms with Crippen molar-refractivity contribution in [2.45, 2.75) is 25.7 Å². The molecule has 1 N–H and O–H groups in total. The summed E-state index contributed by atoms with van der Waals surface area (Å²) >= 11 is 0. The topological polar surface area (TPSA) is 55.4 Å². The molecule has 4 nitrogen and oxygen atoms in total. The second kappa shape index (κ2) is 5.32. The number of benzene rings is 1. The van der Waals surface area contributed by atoms with Crippen molar-refractivity contribution in [1.29, 1.82) is 0 Å². The van der Waals surface area contributed by atoms with Gasteiger partial charge in [-0.25, -0.2) is 13.1 Å². The van der Waals surface area contributed by atoms with Gasteiger partial charge in [0.25, 0.3) is 0 Å². The summed E-state index contributed by atoms with van der Waals surface area (Å²) in [5.41, 5.74) is 0.741. The molecule has 0 amide bonds. The van der Waals surface area contributed by atoms with Crippen LogP contribution in [-0.4, -0.2) is 21.6 Å². The highest BCUT2D eigenvalue weighted by atomic mass is 32.2. The van der Waals surface area contributed by atoms with Crippen LogP contribution in [0.1, 0.15) is 19.4 Å². The lowest BCUT2D eigenvalue weighted by Gasteiger charge is -2.10. The third-order valence-corrected chi connectivity index (χ3v) is 3.30. The lowest BCUT2D eigenvalue weighted by molar-refractivity contribution is 0.242. The Bertz CT molecular complexity index is 423. The molecule has 1 rings (SSSR count). The van der Waals surface area contributed by atoms with Crippen LogP contribution in [0, 0.1) is 0 Å². The molecule has 0 atom stereocenters. The monoisotopic (exact) mass is 243 g/mol. The first-order valence-corrected chi connectivity index (χ1v) is 6.75. The molecule has 0 aliphatic rings. The molecule has 1 aromatic carbocycles. The number of hydrogen-bond acceptors (Lipinski definition) is 3. The zero-order valence-corrected chi connectivity index (χ0v) is 10.5. The van der Waals surface area contributed by atoms with Gasteiger partial charge in [0.1, 0.15) is 5.75 Å². The Labute approximate surface area is 96.7 Å². The molecule has 0 radical (unpaired) electrons. The van der Waals surface area contributed by atoms with Crippen molar-refractivity contribution in [2.24, 2.45) is 0 Å². The van der Waals surface area contributed by atoms with Crippen LogP contribution < -0.4 is 9.46 Å². The van der Waals surface area contributed by atoms with Crippen LogP contribution >= 0.6 is 0 Å². The van der Waals surface area contributed by atoms with Gasteiger partial charge < -0.3 is 4.74 Å². The fourth-order valence-electron chi connectivity index (χ4n) is 1.23. The Hall–Kier alpha value is -1.07. The van der Waals surface area contributed by atoms with Crippen LogP contribution in [0.2, 0.25) is 0 Å². The van der Waals surface area contributed by atoms with E-state index in [9.17, 15) is 8.42 Å². The smallest absolute Gasteiger partial charge is 0.215 e. The molecule has 0 heterocycles. The Kier molecular flexibility index (Phi) is 4.32. The van der Waals surface area contributed by atoms with Crippen molar-refractivity contribution >= 4 is 10.0 Å². The maximum atomic E-state index is 11.3. The number of hydrogen-bond donors (Lipinski definition) is 1. The van der Waals surface area contributed by atoms with Crippen molar-refractivity contribution in [1.82, 2.24) is 4.72 Å². The summed E-state index contributed by atoms with van der Waals surface area (Å²) in [6.07, 6.45) is 0.117. The third-order valence-electron chi connectivity index (χ3n) is 1.96. The van der Waals surface area contributed by atoms with E-state index in [1.807, 2.05) is 13.8 Å². The van der Waals surface area contributed by atoms with Gasteiger partial charge in [-0.15, -0.1) is 0 Å². The second-order valence-electron chi connectivity index (χ2n) is 3.77. The quantitative estimate of drug-likeness (QED) is 0.853. The first-order valence-electron chi connectivity index (χ1n) is 5.10. The van der Waals surface area contributed by atoms with E-state index < -0.39 is 10.0 Å². The zero-order chi connectivity index (χ0) is 12.2.